The maximum absolute atomic E-state index is 15.7. The molecule has 0 fully saturated rings. The van der Waals surface area contributed by atoms with E-state index in [0.717, 1.165) is 24.3 Å². The van der Waals surface area contributed by atoms with Crippen LogP contribution < -0.4 is 23.7 Å². The zero-order valence-corrected chi connectivity index (χ0v) is 15.9. The van der Waals surface area contributed by atoms with Crippen LogP contribution in [0.5, 0.6) is 5.75 Å². The SMILES string of the molecule is COCOc1ccc([I-](F)(c2ccccc2)C(F)(F)S(=O)(=O)O)cc1. The Hall–Kier alpha value is -1.37. The van der Waals surface area contributed by atoms with Gasteiger partial charge in [0, 0.05) is 0 Å². The maximum atomic E-state index is 15.7. The molecule has 25 heavy (non-hydrogen) atoms. The van der Waals surface area contributed by atoms with Crippen LogP contribution >= 0.6 is 0 Å². The molecule has 2 aromatic carbocycles. The Balaban J connectivity index is 2.61. The fourth-order valence-electron chi connectivity index (χ4n) is 1.93. The molecule has 2 rings (SSSR count). The third kappa shape index (κ3) is 3.76. The second kappa shape index (κ2) is 7.48. The van der Waals surface area contributed by atoms with E-state index in [1.165, 1.54) is 37.4 Å². The van der Waals surface area contributed by atoms with Crippen molar-refractivity contribution >= 4 is 10.1 Å². The summed E-state index contributed by atoms with van der Waals surface area (Å²) in [7, 11) is -4.57. The molecule has 0 bridgehead atoms. The third-order valence-corrected chi connectivity index (χ3v) is 13.4. The van der Waals surface area contributed by atoms with Gasteiger partial charge in [0.15, 0.2) is 0 Å². The monoisotopic (exact) mass is 491 g/mol. The van der Waals surface area contributed by atoms with E-state index >= 15 is 2.86 Å². The molecule has 1 N–H and O–H groups in total. The van der Waals surface area contributed by atoms with E-state index in [9.17, 15) is 17.2 Å². The number of hydrogen-bond acceptors (Lipinski definition) is 4. The van der Waals surface area contributed by atoms with Gasteiger partial charge in [0.05, 0.1) is 0 Å². The fraction of sp³-hybridized carbons (Fsp3) is 0.200. The normalized spacial score (nSPS) is 16.0. The van der Waals surface area contributed by atoms with Crippen LogP contribution in [0.3, 0.4) is 0 Å². The summed E-state index contributed by atoms with van der Waals surface area (Å²) < 4.78 is 80.0. The van der Waals surface area contributed by atoms with Crippen molar-refractivity contribution in [1.82, 2.24) is 0 Å². The van der Waals surface area contributed by atoms with E-state index in [2.05, 4.69) is 0 Å². The van der Waals surface area contributed by atoms with E-state index in [1.807, 2.05) is 0 Å². The van der Waals surface area contributed by atoms with Gasteiger partial charge in [-0.3, -0.25) is 0 Å². The molecule has 0 radical (unpaired) electrons. The summed E-state index contributed by atoms with van der Waals surface area (Å²) in [6.45, 7) is -0.0964. The van der Waals surface area contributed by atoms with Gasteiger partial charge in [-0.1, -0.05) is 0 Å². The molecule has 0 aliphatic rings. The van der Waals surface area contributed by atoms with Gasteiger partial charge in [0.1, 0.15) is 0 Å². The standard InChI is InChI=1S/C15H15F3IO5S/c1-23-11-24-14-9-7-13(8-10-14)19(18,12-5-3-2-4-6-12)15(16,17)25(20,21)22/h2-10H,11H2,1H3,(H,20,21,22)/q-1. The van der Waals surface area contributed by atoms with Crippen LogP contribution in [0.1, 0.15) is 0 Å². The molecule has 0 amide bonds. The van der Waals surface area contributed by atoms with Crippen molar-refractivity contribution in [2.24, 2.45) is 0 Å². The van der Waals surface area contributed by atoms with Crippen molar-refractivity contribution in [3.05, 3.63) is 61.7 Å². The summed E-state index contributed by atoms with van der Waals surface area (Å²) in [5.74, 6) is 0.234. The van der Waals surface area contributed by atoms with Crippen molar-refractivity contribution in [3.63, 3.8) is 0 Å². The molecular weight excluding hydrogens is 476 g/mol. The number of ether oxygens (including phenoxy) is 2. The molecule has 0 aromatic heterocycles. The summed E-state index contributed by atoms with van der Waals surface area (Å²) in [5, 5.41) is 0. The summed E-state index contributed by atoms with van der Waals surface area (Å²) in [5.41, 5.74) is 0. The molecule has 10 heteroatoms. The minimum absolute atomic E-state index is 0.0964. The predicted molar refractivity (Wildman–Crippen MR) is 80.4 cm³/mol. The Labute approximate surface area is 147 Å². The van der Waals surface area contributed by atoms with Crippen molar-refractivity contribution in [1.29, 1.82) is 0 Å². The van der Waals surface area contributed by atoms with Crippen molar-refractivity contribution in [3.8, 4) is 5.75 Å². The van der Waals surface area contributed by atoms with Crippen molar-refractivity contribution in [2.45, 2.75) is 3.26 Å². The van der Waals surface area contributed by atoms with Crippen LogP contribution in [-0.4, -0.2) is 30.1 Å². The minimum atomic E-state index is -6.23. The number of hydrogen-bond donors (Lipinski definition) is 1. The van der Waals surface area contributed by atoms with Gasteiger partial charge in [-0.2, -0.15) is 0 Å². The number of halogens is 4. The molecule has 0 saturated heterocycles. The van der Waals surface area contributed by atoms with Gasteiger partial charge in [-0.25, -0.2) is 0 Å². The molecule has 2 aromatic rings. The molecule has 1 atom stereocenters. The van der Waals surface area contributed by atoms with E-state index in [0.29, 0.717) is 0 Å². The van der Waals surface area contributed by atoms with Crippen LogP contribution in [0, 0.1) is 7.14 Å². The van der Waals surface area contributed by atoms with Crippen molar-refractivity contribution < 1.29 is 53.1 Å². The molecule has 140 valence electrons. The molecule has 0 spiro atoms. The molecule has 0 heterocycles. The van der Waals surface area contributed by atoms with E-state index in [4.69, 9.17) is 14.0 Å². The Morgan fingerprint density at radius 3 is 2.04 bits per heavy atom. The van der Waals surface area contributed by atoms with E-state index in [1.54, 1.807) is 0 Å². The van der Waals surface area contributed by atoms with Gasteiger partial charge < -0.3 is 0 Å². The summed E-state index contributed by atoms with van der Waals surface area (Å²) >= 11 is -6.23. The third-order valence-electron chi connectivity index (χ3n) is 3.09. The number of benzene rings is 2. The van der Waals surface area contributed by atoms with E-state index < -0.39 is 39.5 Å². The summed E-state index contributed by atoms with van der Waals surface area (Å²) in [6, 6.07) is 10.8. The molecular formula is C15H15F3IO5S-. The van der Waals surface area contributed by atoms with Crippen LogP contribution in [0.25, 0.3) is 0 Å². The van der Waals surface area contributed by atoms with Crippen LogP contribution in [0.2, 0.25) is 0 Å². The van der Waals surface area contributed by atoms with Crippen LogP contribution in [-0.2, 0) is 14.9 Å². The van der Waals surface area contributed by atoms with Gasteiger partial charge in [0.25, 0.3) is 0 Å². The van der Waals surface area contributed by atoms with Gasteiger partial charge >= 0.3 is 148 Å². The predicted octanol–water partition coefficient (Wildman–Crippen LogP) is 0.192. The first-order valence-electron chi connectivity index (χ1n) is 6.73. The second-order valence-electron chi connectivity index (χ2n) is 4.72. The zero-order valence-electron chi connectivity index (χ0n) is 12.9. The quantitative estimate of drug-likeness (QED) is 0.259. The van der Waals surface area contributed by atoms with Crippen LogP contribution in [0.15, 0.2) is 54.6 Å². The fourth-order valence-corrected chi connectivity index (χ4v) is 10.6. The number of alkyl halides is 3. The summed E-state index contributed by atoms with van der Waals surface area (Å²) in [4.78, 5) is 0. The van der Waals surface area contributed by atoms with E-state index in [-0.39, 0.29) is 12.5 Å². The molecule has 1 unspecified atom stereocenters. The first-order chi connectivity index (χ1) is 11.6. The molecule has 0 aliphatic heterocycles. The van der Waals surface area contributed by atoms with Crippen LogP contribution in [0.4, 0.5) is 11.6 Å². The van der Waals surface area contributed by atoms with Gasteiger partial charge in [-0.15, -0.1) is 0 Å². The number of methoxy groups -OCH3 is 1. The molecule has 0 aliphatic carbocycles. The Morgan fingerprint density at radius 1 is 1.04 bits per heavy atom. The number of rotatable bonds is 7. The van der Waals surface area contributed by atoms with Crippen molar-refractivity contribution in [2.75, 3.05) is 13.9 Å². The average molecular weight is 491 g/mol. The molecule has 0 saturated carbocycles. The second-order valence-corrected chi connectivity index (χ2v) is 13.6. The molecule has 5 nitrogen and oxygen atoms in total. The summed E-state index contributed by atoms with van der Waals surface area (Å²) in [6.07, 6.45) is 0. The first kappa shape index (κ1) is 19.9. The van der Waals surface area contributed by atoms with Gasteiger partial charge in [0.2, 0.25) is 0 Å². The Kier molecular flexibility index (Phi) is 5.97. The first-order valence-corrected chi connectivity index (χ1v) is 12.2. The van der Waals surface area contributed by atoms with Gasteiger partial charge in [-0.05, 0) is 0 Å². The topological polar surface area (TPSA) is 72.8 Å². The Morgan fingerprint density at radius 2 is 1.56 bits per heavy atom. The average Bonchev–Trinajstić information content (AvgIpc) is 2.59. The zero-order chi connectivity index (χ0) is 18.7. The Bertz CT molecular complexity index is 815.